The molecule has 196 valence electrons. The number of hydrogen-bond donors (Lipinski definition) is 0. The molecule has 0 bridgehead atoms. The number of benzene rings is 1. The lowest BCUT2D eigenvalue weighted by atomic mass is 10.00. The van der Waals surface area contributed by atoms with Gasteiger partial charge in [0, 0.05) is 18.0 Å². The van der Waals surface area contributed by atoms with E-state index in [1.807, 2.05) is 6.92 Å². The predicted molar refractivity (Wildman–Crippen MR) is 126 cm³/mol. The van der Waals surface area contributed by atoms with Crippen molar-refractivity contribution in [3.8, 4) is 22.6 Å². The quantitative estimate of drug-likeness (QED) is 0.192. The molecular weight excluding hydrogens is 515 g/mol. The summed E-state index contributed by atoms with van der Waals surface area (Å²) in [6.07, 6.45) is 0.0653. The largest absolute Gasteiger partial charge is 0.417 e. The number of fused-ring (bicyclic) bond motifs is 1. The number of alkyl halides is 6. The number of nitrogens with zero attached hydrogens (tertiary/aromatic N) is 5. The molecule has 4 rings (SSSR count). The number of allylic oxidation sites excluding steroid dienone is 5. The summed E-state index contributed by atoms with van der Waals surface area (Å²) in [5.74, 6) is 0.493. The van der Waals surface area contributed by atoms with Gasteiger partial charge in [0.05, 0.1) is 41.1 Å². The van der Waals surface area contributed by atoms with E-state index in [0.29, 0.717) is 35.3 Å². The Hall–Kier alpha value is -4.35. The molecule has 38 heavy (non-hydrogen) atoms. The first-order chi connectivity index (χ1) is 18.0. The van der Waals surface area contributed by atoms with E-state index < -0.39 is 29.0 Å². The molecule has 0 N–H and O–H groups in total. The van der Waals surface area contributed by atoms with Crippen molar-refractivity contribution >= 4 is 5.57 Å². The zero-order chi connectivity index (χ0) is 27.5. The Morgan fingerprint density at radius 2 is 1.61 bits per heavy atom. The Morgan fingerprint density at radius 1 is 0.842 bits per heavy atom. The van der Waals surface area contributed by atoms with Gasteiger partial charge in [-0.3, -0.25) is 0 Å². The van der Waals surface area contributed by atoms with Gasteiger partial charge in [-0.1, -0.05) is 24.3 Å². The topological polar surface area (TPSA) is 56.5 Å². The summed E-state index contributed by atoms with van der Waals surface area (Å²) in [6, 6.07) is 5.85. The smallest absolute Gasteiger partial charge is 0.346 e. The minimum atomic E-state index is -5.02. The van der Waals surface area contributed by atoms with Crippen molar-refractivity contribution in [2.45, 2.75) is 25.8 Å². The molecule has 1 aromatic heterocycles. The fourth-order valence-corrected chi connectivity index (χ4v) is 3.56. The van der Waals surface area contributed by atoms with Gasteiger partial charge in [-0.05, 0) is 48.9 Å². The van der Waals surface area contributed by atoms with Gasteiger partial charge in [0.15, 0.2) is 5.82 Å². The van der Waals surface area contributed by atoms with Crippen LogP contribution in [0.3, 0.4) is 0 Å². The number of imidazole rings is 1. The number of rotatable bonds is 6. The average Bonchev–Trinajstić information content (AvgIpc) is 3.29. The molecule has 0 saturated carbocycles. The van der Waals surface area contributed by atoms with Crippen LogP contribution in [0, 0.1) is 0 Å². The van der Waals surface area contributed by atoms with Crippen LogP contribution in [0.1, 0.15) is 29.6 Å². The number of pyridine rings is 1. The van der Waals surface area contributed by atoms with Crippen LogP contribution in [0.2, 0.25) is 0 Å². The maximum absolute atomic E-state index is 13.5. The first-order valence-electron chi connectivity index (χ1n) is 11.0. The molecule has 2 aromatic rings. The van der Waals surface area contributed by atoms with Crippen molar-refractivity contribution in [3.63, 3.8) is 0 Å². The molecule has 0 spiro atoms. The lowest BCUT2D eigenvalue weighted by molar-refractivity contribution is -0.142. The first-order valence-corrected chi connectivity index (χ1v) is 11.0. The molecule has 0 unspecified atom stereocenters. The van der Waals surface area contributed by atoms with Gasteiger partial charge in [-0.25, -0.2) is 14.4 Å². The molecule has 0 atom stereocenters. The summed E-state index contributed by atoms with van der Waals surface area (Å²) in [5.41, 5.74) is -1.16. The lowest BCUT2D eigenvalue weighted by Crippen LogP contribution is -2.12. The van der Waals surface area contributed by atoms with Crippen molar-refractivity contribution in [3.05, 3.63) is 102 Å². The van der Waals surface area contributed by atoms with E-state index in [9.17, 15) is 30.7 Å². The summed E-state index contributed by atoms with van der Waals surface area (Å²) >= 11 is 0. The Balaban J connectivity index is 1.56. The Morgan fingerprint density at radius 3 is 2.26 bits per heavy atom. The Bertz CT molecular complexity index is 1480. The van der Waals surface area contributed by atoms with Crippen molar-refractivity contribution in [1.29, 1.82) is 0 Å². The summed E-state index contributed by atoms with van der Waals surface area (Å²) in [7, 11) is 0. The van der Waals surface area contributed by atoms with Gasteiger partial charge < -0.3 is 4.57 Å². The van der Waals surface area contributed by atoms with Crippen LogP contribution in [0.4, 0.5) is 30.7 Å². The molecular formula is C26H18F7N5. The zero-order valence-electron chi connectivity index (χ0n) is 19.6. The third-order valence-corrected chi connectivity index (χ3v) is 5.41. The van der Waals surface area contributed by atoms with Gasteiger partial charge >= 0.3 is 12.4 Å². The normalized spacial score (nSPS) is 13.3. The van der Waals surface area contributed by atoms with Gasteiger partial charge in [0.1, 0.15) is 5.69 Å². The molecule has 0 radical (unpaired) electrons. The molecule has 5 nitrogen and oxygen atoms in total. The van der Waals surface area contributed by atoms with Crippen molar-refractivity contribution < 1.29 is 30.7 Å². The minimum Gasteiger partial charge on any atom is -0.346 e. The van der Waals surface area contributed by atoms with E-state index in [1.54, 1.807) is 35.2 Å². The maximum atomic E-state index is 13.5. The monoisotopic (exact) mass is 533 g/mol. The Kier molecular flexibility index (Phi) is 7.42. The number of aromatic nitrogens is 5. The second-order valence-electron chi connectivity index (χ2n) is 8.15. The van der Waals surface area contributed by atoms with E-state index in [1.165, 1.54) is 24.3 Å². The van der Waals surface area contributed by atoms with Crippen LogP contribution in [0.5, 0.6) is 0 Å². The third-order valence-electron chi connectivity index (χ3n) is 5.41. The molecule has 0 saturated heterocycles. The first kappa shape index (κ1) is 26.7. The maximum Gasteiger partial charge on any atom is 0.417 e. The molecule has 0 aliphatic carbocycles. The van der Waals surface area contributed by atoms with Gasteiger partial charge in [0.2, 0.25) is 0 Å². The highest BCUT2D eigenvalue weighted by Gasteiger charge is 2.38. The zero-order valence-corrected chi connectivity index (χ0v) is 19.6. The molecule has 2 aliphatic heterocycles. The summed E-state index contributed by atoms with van der Waals surface area (Å²) in [4.78, 5) is 8.92. The Labute approximate surface area is 212 Å². The van der Waals surface area contributed by atoms with Crippen LogP contribution < -0.4 is 0 Å². The highest BCUT2D eigenvalue weighted by molar-refractivity contribution is 5.67. The lowest BCUT2D eigenvalue weighted by Gasteiger charge is -2.15. The predicted octanol–water partition coefficient (Wildman–Crippen LogP) is 7.37. The van der Waals surface area contributed by atoms with E-state index in [2.05, 4.69) is 20.2 Å². The van der Waals surface area contributed by atoms with E-state index in [-0.39, 0.29) is 18.3 Å². The fraction of sp³-hybridized carbons (Fsp3) is 0.154. The number of hydrogen-bond acceptors (Lipinski definition) is 4. The molecule has 12 heteroatoms. The average molecular weight is 533 g/mol. The highest BCUT2D eigenvalue weighted by Crippen LogP contribution is 2.40. The standard InChI is InChI=1S/C26H18F7N5/c1-16(5-3-2-4-11-27)24-34-22-10-12-38(15-23(22)35-24)14-18-7-9-21(37-36-18)19-8-6-17(25(28,29)30)13-20(19)26(31,32)33/h2-13,15H,14H2,1H3/b3-2-,11-4+,16-5+. The van der Waals surface area contributed by atoms with E-state index in [4.69, 9.17) is 0 Å². The van der Waals surface area contributed by atoms with E-state index >= 15 is 0 Å². The van der Waals surface area contributed by atoms with Crippen LogP contribution in [0.15, 0.2) is 79.4 Å². The van der Waals surface area contributed by atoms with Crippen molar-refractivity contribution in [2.24, 2.45) is 0 Å². The number of halogens is 7. The van der Waals surface area contributed by atoms with Crippen LogP contribution in [-0.2, 0) is 18.9 Å². The second-order valence-corrected chi connectivity index (χ2v) is 8.15. The minimum absolute atomic E-state index is 0.0689. The second kappa shape index (κ2) is 10.6. The van der Waals surface area contributed by atoms with Gasteiger partial charge in [-0.2, -0.15) is 36.5 Å². The molecule has 1 aromatic carbocycles. The fourth-order valence-electron chi connectivity index (χ4n) is 3.56. The van der Waals surface area contributed by atoms with E-state index in [0.717, 1.165) is 11.6 Å². The SMILES string of the molecule is C\C(=C/C=C\C=C\F)c1nc2ccn(Cc3ccc(-c4ccc(C(F)(F)F)cc4C(F)(F)F)nn3)cc-2n1. The van der Waals surface area contributed by atoms with Gasteiger partial charge in [0.25, 0.3) is 0 Å². The highest BCUT2D eigenvalue weighted by atomic mass is 19.4. The van der Waals surface area contributed by atoms with Crippen LogP contribution >= 0.6 is 0 Å². The third kappa shape index (κ3) is 6.13. The van der Waals surface area contributed by atoms with Crippen molar-refractivity contribution in [2.75, 3.05) is 0 Å². The summed E-state index contributed by atoms with van der Waals surface area (Å²) in [5, 5.41) is 7.79. The van der Waals surface area contributed by atoms with Crippen LogP contribution in [0.25, 0.3) is 28.2 Å². The molecule has 0 fully saturated rings. The summed E-state index contributed by atoms with van der Waals surface area (Å²) < 4.78 is 93.0. The molecule has 2 aliphatic rings. The summed E-state index contributed by atoms with van der Waals surface area (Å²) in [6.45, 7) is 2.02. The van der Waals surface area contributed by atoms with Crippen LogP contribution in [-0.4, -0.2) is 24.7 Å². The molecule has 0 amide bonds. The molecule has 3 heterocycles. The van der Waals surface area contributed by atoms with Gasteiger partial charge in [-0.15, -0.1) is 0 Å². The van der Waals surface area contributed by atoms with Crippen molar-refractivity contribution in [1.82, 2.24) is 24.7 Å².